The molecule has 0 saturated heterocycles. The van der Waals surface area contributed by atoms with Crippen LogP contribution >= 0.6 is 12.4 Å². The third kappa shape index (κ3) is 6.67. The highest BCUT2D eigenvalue weighted by atomic mass is 35.5. The van der Waals surface area contributed by atoms with Gasteiger partial charge in [-0.2, -0.15) is 0 Å². The van der Waals surface area contributed by atoms with Gasteiger partial charge in [0.05, 0.1) is 0 Å². The van der Waals surface area contributed by atoms with Crippen LogP contribution in [0.5, 0.6) is 5.75 Å². The number of aryl methyl sites for hydroxylation is 1. The van der Waals surface area contributed by atoms with Crippen molar-refractivity contribution < 1.29 is 10.2 Å². The van der Waals surface area contributed by atoms with Crippen LogP contribution in [-0.2, 0) is 6.42 Å². The predicted octanol–water partition coefficient (Wildman–Crippen LogP) is 2.06. The number of hydrogen-bond donors (Lipinski definition) is 3. The molecular weight excluding hydrogens is 226 g/mol. The van der Waals surface area contributed by atoms with Crippen molar-refractivity contribution >= 4 is 12.4 Å². The van der Waals surface area contributed by atoms with Crippen molar-refractivity contribution in [2.24, 2.45) is 0 Å². The van der Waals surface area contributed by atoms with Crippen molar-refractivity contribution in [1.82, 2.24) is 5.32 Å². The number of halogens is 1. The molecule has 0 fully saturated rings. The van der Waals surface area contributed by atoms with Crippen LogP contribution in [0.15, 0.2) is 24.3 Å². The zero-order valence-corrected chi connectivity index (χ0v) is 10.3. The third-order valence-electron chi connectivity index (χ3n) is 2.27. The second kappa shape index (κ2) is 8.39. The molecule has 0 spiro atoms. The second-order valence-electron chi connectivity index (χ2n) is 3.75. The monoisotopic (exact) mass is 245 g/mol. The molecule has 0 amide bonds. The van der Waals surface area contributed by atoms with Gasteiger partial charge in [0, 0.05) is 0 Å². The van der Waals surface area contributed by atoms with E-state index in [0.29, 0.717) is 5.75 Å². The predicted molar refractivity (Wildman–Crippen MR) is 68.0 cm³/mol. The van der Waals surface area contributed by atoms with Crippen molar-refractivity contribution in [3.8, 4) is 5.75 Å². The van der Waals surface area contributed by atoms with E-state index in [-0.39, 0.29) is 12.4 Å². The summed E-state index contributed by atoms with van der Waals surface area (Å²) in [6, 6.07) is 7.31. The lowest BCUT2D eigenvalue weighted by atomic mass is 10.1. The largest absolute Gasteiger partial charge is 0.508 e. The number of aliphatic hydroxyl groups excluding tert-OH is 1. The number of phenols is 1. The van der Waals surface area contributed by atoms with Crippen molar-refractivity contribution in [2.75, 3.05) is 6.54 Å². The van der Waals surface area contributed by atoms with Crippen LogP contribution in [0.25, 0.3) is 0 Å². The van der Waals surface area contributed by atoms with Gasteiger partial charge in [-0.3, -0.25) is 5.32 Å². The van der Waals surface area contributed by atoms with Gasteiger partial charge in [-0.15, -0.1) is 12.4 Å². The Labute approximate surface area is 103 Å². The second-order valence-corrected chi connectivity index (χ2v) is 3.75. The Hall–Kier alpha value is -0.770. The number of nitrogens with one attached hydrogen (secondary N) is 1. The van der Waals surface area contributed by atoms with E-state index in [4.69, 9.17) is 10.2 Å². The SMILES string of the molecule is CC(O)NCCCCc1ccc(O)cc1.Cl. The van der Waals surface area contributed by atoms with Crippen molar-refractivity contribution in [3.05, 3.63) is 29.8 Å². The molecule has 0 aliphatic rings. The van der Waals surface area contributed by atoms with E-state index >= 15 is 0 Å². The fourth-order valence-electron chi connectivity index (χ4n) is 1.43. The quantitative estimate of drug-likeness (QED) is 0.531. The number of rotatable bonds is 6. The maximum absolute atomic E-state index is 9.09. The fraction of sp³-hybridized carbons (Fsp3) is 0.500. The fourth-order valence-corrected chi connectivity index (χ4v) is 1.43. The van der Waals surface area contributed by atoms with Gasteiger partial charge in [-0.1, -0.05) is 12.1 Å². The van der Waals surface area contributed by atoms with Gasteiger partial charge in [-0.25, -0.2) is 0 Å². The molecule has 0 bridgehead atoms. The molecule has 1 aromatic rings. The minimum atomic E-state index is -0.418. The van der Waals surface area contributed by atoms with E-state index in [2.05, 4.69) is 5.32 Å². The lowest BCUT2D eigenvalue weighted by molar-refractivity contribution is 0.156. The maximum Gasteiger partial charge on any atom is 0.115 e. The summed E-state index contributed by atoms with van der Waals surface area (Å²) in [6.45, 7) is 2.57. The Bertz CT molecular complexity index is 275. The molecule has 0 aliphatic heterocycles. The molecular formula is C12H20ClNO2. The average molecular weight is 246 g/mol. The van der Waals surface area contributed by atoms with Gasteiger partial charge in [0.1, 0.15) is 12.0 Å². The Morgan fingerprint density at radius 1 is 1.19 bits per heavy atom. The lowest BCUT2D eigenvalue weighted by Crippen LogP contribution is -2.26. The number of hydrogen-bond acceptors (Lipinski definition) is 3. The first-order valence-corrected chi connectivity index (χ1v) is 5.38. The summed E-state index contributed by atoms with van der Waals surface area (Å²) >= 11 is 0. The van der Waals surface area contributed by atoms with Crippen LogP contribution < -0.4 is 5.32 Å². The van der Waals surface area contributed by atoms with E-state index in [1.165, 1.54) is 5.56 Å². The summed E-state index contributed by atoms with van der Waals surface area (Å²) in [6.07, 6.45) is 2.73. The molecule has 1 unspecified atom stereocenters. The topological polar surface area (TPSA) is 52.5 Å². The third-order valence-corrected chi connectivity index (χ3v) is 2.27. The summed E-state index contributed by atoms with van der Waals surface area (Å²) in [5, 5.41) is 21.0. The minimum absolute atomic E-state index is 0. The Balaban J connectivity index is 0.00000225. The van der Waals surface area contributed by atoms with Crippen molar-refractivity contribution in [3.63, 3.8) is 0 Å². The number of aromatic hydroxyl groups is 1. The van der Waals surface area contributed by atoms with Crippen LogP contribution in [0.4, 0.5) is 0 Å². The van der Waals surface area contributed by atoms with Gasteiger partial charge in [0.25, 0.3) is 0 Å². The summed E-state index contributed by atoms with van der Waals surface area (Å²) < 4.78 is 0. The Morgan fingerprint density at radius 3 is 2.38 bits per heavy atom. The highest BCUT2D eigenvalue weighted by Crippen LogP contribution is 2.11. The molecule has 1 atom stereocenters. The van der Waals surface area contributed by atoms with Gasteiger partial charge < -0.3 is 10.2 Å². The maximum atomic E-state index is 9.09. The van der Waals surface area contributed by atoms with E-state index in [9.17, 15) is 0 Å². The van der Waals surface area contributed by atoms with E-state index < -0.39 is 6.23 Å². The number of aliphatic hydroxyl groups is 1. The Morgan fingerprint density at radius 2 is 1.81 bits per heavy atom. The van der Waals surface area contributed by atoms with Gasteiger partial charge >= 0.3 is 0 Å². The van der Waals surface area contributed by atoms with Crippen molar-refractivity contribution in [1.29, 1.82) is 0 Å². The molecule has 1 aromatic carbocycles. The molecule has 1 rings (SSSR count). The molecule has 0 heterocycles. The van der Waals surface area contributed by atoms with Crippen LogP contribution in [0.3, 0.4) is 0 Å². The first kappa shape index (κ1) is 15.2. The van der Waals surface area contributed by atoms with E-state index in [1.807, 2.05) is 12.1 Å². The Kier molecular flexibility index (Phi) is 7.99. The van der Waals surface area contributed by atoms with Gasteiger partial charge in [0.2, 0.25) is 0 Å². The van der Waals surface area contributed by atoms with Gasteiger partial charge in [0.15, 0.2) is 0 Å². The lowest BCUT2D eigenvalue weighted by Gasteiger charge is -2.06. The summed E-state index contributed by atoms with van der Waals surface area (Å²) in [4.78, 5) is 0. The van der Waals surface area contributed by atoms with Crippen LogP contribution in [0.2, 0.25) is 0 Å². The zero-order chi connectivity index (χ0) is 11.1. The van der Waals surface area contributed by atoms with Crippen LogP contribution in [-0.4, -0.2) is 23.0 Å². The number of benzene rings is 1. The molecule has 3 N–H and O–H groups in total. The number of phenolic OH excluding ortho intramolecular Hbond substituents is 1. The average Bonchev–Trinajstić information content (AvgIpc) is 2.20. The molecule has 0 saturated carbocycles. The molecule has 16 heavy (non-hydrogen) atoms. The molecule has 4 heteroatoms. The van der Waals surface area contributed by atoms with Gasteiger partial charge in [-0.05, 0) is 50.4 Å². The summed E-state index contributed by atoms with van der Waals surface area (Å²) in [5.74, 6) is 0.314. The molecule has 0 radical (unpaired) electrons. The normalized spacial score (nSPS) is 11.9. The number of unbranched alkanes of at least 4 members (excludes halogenated alkanes) is 1. The zero-order valence-electron chi connectivity index (χ0n) is 9.52. The summed E-state index contributed by atoms with van der Waals surface area (Å²) in [7, 11) is 0. The van der Waals surface area contributed by atoms with E-state index in [0.717, 1.165) is 25.8 Å². The standard InChI is InChI=1S/C12H19NO2.ClH/c1-10(14)13-9-3-2-4-11-5-7-12(15)8-6-11;/h5-8,10,13-15H,2-4,9H2,1H3;1H. The van der Waals surface area contributed by atoms with E-state index in [1.54, 1.807) is 19.1 Å². The molecule has 3 nitrogen and oxygen atoms in total. The highest BCUT2D eigenvalue weighted by Gasteiger charge is 1.95. The highest BCUT2D eigenvalue weighted by molar-refractivity contribution is 5.85. The first-order valence-electron chi connectivity index (χ1n) is 5.38. The first-order chi connectivity index (χ1) is 7.18. The smallest absolute Gasteiger partial charge is 0.115 e. The van der Waals surface area contributed by atoms with Crippen LogP contribution in [0.1, 0.15) is 25.3 Å². The summed E-state index contributed by atoms with van der Waals surface area (Å²) in [5.41, 5.74) is 1.24. The molecule has 0 aliphatic carbocycles. The molecule has 92 valence electrons. The minimum Gasteiger partial charge on any atom is -0.508 e. The van der Waals surface area contributed by atoms with Crippen LogP contribution in [0, 0.1) is 0 Å². The molecule has 0 aromatic heterocycles. The van der Waals surface area contributed by atoms with Crippen molar-refractivity contribution in [2.45, 2.75) is 32.4 Å².